The molecular weight excluding hydrogens is 426 g/mol. The summed E-state index contributed by atoms with van der Waals surface area (Å²) in [6.45, 7) is 5.68. The van der Waals surface area contributed by atoms with Gasteiger partial charge in [-0.05, 0) is 44.5 Å². The van der Waals surface area contributed by atoms with Crippen LogP contribution in [-0.4, -0.2) is 26.8 Å². The summed E-state index contributed by atoms with van der Waals surface area (Å²) < 4.78 is 1.60. The Labute approximate surface area is 189 Å². The van der Waals surface area contributed by atoms with Crippen LogP contribution in [0.15, 0.2) is 76.7 Å². The lowest BCUT2D eigenvalue weighted by atomic mass is 10.2. The lowest BCUT2D eigenvalue weighted by Gasteiger charge is -2.16. The maximum atomic E-state index is 13.5. The van der Waals surface area contributed by atoms with Crippen molar-refractivity contribution in [3.05, 3.63) is 77.1 Å². The van der Waals surface area contributed by atoms with Gasteiger partial charge < -0.3 is 5.32 Å². The third kappa shape index (κ3) is 4.57. The first-order valence-electron chi connectivity index (χ1n) is 10.1. The van der Waals surface area contributed by atoms with E-state index >= 15 is 0 Å². The zero-order valence-corrected chi connectivity index (χ0v) is 19.2. The van der Waals surface area contributed by atoms with E-state index in [1.807, 2.05) is 87.5 Å². The number of nitrogens with zero attached hydrogens (tertiary/aromatic N) is 2. The minimum Gasteiger partial charge on any atom is -0.353 e. The van der Waals surface area contributed by atoms with Gasteiger partial charge in [0.15, 0.2) is 5.16 Å². The van der Waals surface area contributed by atoms with Crippen molar-refractivity contribution < 1.29 is 4.79 Å². The molecule has 7 heteroatoms. The van der Waals surface area contributed by atoms with Crippen LogP contribution in [0.4, 0.5) is 0 Å². The average Bonchev–Trinajstić information content (AvgIpc) is 3.19. The van der Waals surface area contributed by atoms with E-state index in [-0.39, 0.29) is 17.5 Å². The van der Waals surface area contributed by atoms with Gasteiger partial charge >= 0.3 is 0 Å². The molecule has 4 aromatic rings. The Balaban J connectivity index is 1.85. The molecule has 2 aromatic carbocycles. The fraction of sp³-hybridized carbons (Fsp3) is 0.208. The maximum absolute atomic E-state index is 13.5. The van der Waals surface area contributed by atoms with Crippen LogP contribution in [0.2, 0.25) is 0 Å². The fourth-order valence-corrected chi connectivity index (χ4v) is 5.22. The molecule has 0 bridgehead atoms. The number of carbonyl (C=O) groups excluding carboxylic acids is 1. The third-order valence-electron chi connectivity index (χ3n) is 4.69. The summed E-state index contributed by atoms with van der Waals surface area (Å²) in [5, 5.41) is 3.62. The van der Waals surface area contributed by atoms with E-state index in [0.29, 0.717) is 15.4 Å². The first kappa shape index (κ1) is 21.3. The summed E-state index contributed by atoms with van der Waals surface area (Å²) in [5.41, 5.74) is 1.65. The monoisotopic (exact) mass is 449 g/mol. The Morgan fingerprint density at radius 3 is 2.32 bits per heavy atom. The highest BCUT2D eigenvalue weighted by molar-refractivity contribution is 8.00. The van der Waals surface area contributed by atoms with Gasteiger partial charge in [0.2, 0.25) is 5.91 Å². The molecule has 0 spiro atoms. The number of aromatic nitrogens is 2. The Morgan fingerprint density at radius 2 is 1.68 bits per heavy atom. The van der Waals surface area contributed by atoms with E-state index in [9.17, 15) is 9.59 Å². The van der Waals surface area contributed by atoms with E-state index in [0.717, 1.165) is 16.1 Å². The summed E-state index contributed by atoms with van der Waals surface area (Å²) in [5.74, 6) is -0.0786. The van der Waals surface area contributed by atoms with Gasteiger partial charge in [-0.2, -0.15) is 0 Å². The van der Waals surface area contributed by atoms with Crippen LogP contribution < -0.4 is 10.9 Å². The number of carbonyl (C=O) groups is 1. The van der Waals surface area contributed by atoms with Gasteiger partial charge in [0.25, 0.3) is 5.56 Å². The van der Waals surface area contributed by atoms with Crippen LogP contribution >= 0.6 is 23.1 Å². The predicted molar refractivity (Wildman–Crippen MR) is 129 cm³/mol. The molecule has 0 fully saturated rings. The molecular formula is C24H23N3O2S2. The molecule has 0 aliphatic carbocycles. The molecule has 2 heterocycles. The lowest BCUT2D eigenvalue weighted by molar-refractivity contribution is -0.120. The molecule has 158 valence electrons. The molecule has 1 N–H and O–H groups in total. The van der Waals surface area contributed by atoms with Crippen molar-refractivity contribution in [2.24, 2.45) is 0 Å². The topological polar surface area (TPSA) is 64.0 Å². The van der Waals surface area contributed by atoms with E-state index in [4.69, 9.17) is 4.98 Å². The van der Waals surface area contributed by atoms with Crippen molar-refractivity contribution in [2.75, 3.05) is 0 Å². The predicted octanol–water partition coefficient (Wildman–Crippen LogP) is 5.12. The zero-order chi connectivity index (χ0) is 22.0. The summed E-state index contributed by atoms with van der Waals surface area (Å²) in [6, 6.07) is 21.4. The van der Waals surface area contributed by atoms with Gasteiger partial charge in [-0.1, -0.05) is 60.3 Å². The normalized spacial score (nSPS) is 12.3. The van der Waals surface area contributed by atoms with Crippen molar-refractivity contribution >= 4 is 39.2 Å². The molecule has 1 atom stereocenters. The van der Waals surface area contributed by atoms with Crippen LogP contribution in [0.25, 0.3) is 26.3 Å². The van der Waals surface area contributed by atoms with Crippen molar-refractivity contribution in [3.8, 4) is 16.1 Å². The molecule has 0 saturated heterocycles. The van der Waals surface area contributed by atoms with E-state index in [2.05, 4.69) is 5.32 Å². The summed E-state index contributed by atoms with van der Waals surface area (Å²) in [4.78, 5) is 32.5. The smallest absolute Gasteiger partial charge is 0.267 e. The number of hydrogen-bond donors (Lipinski definition) is 1. The van der Waals surface area contributed by atoms with E-state index in [1.54, 1.807) is 4.57 Å². The van der Waals surface area contributed by atoms with Crippen molar-refractivity contribution in [1.82, 2.24) is 14.9 Å². The second-order valence-corrected chi connectivity index (χ2v) is 9.83. The number of nitrogens with one attached hydrogen (secondary N) is 1. The van der Waals surface area contributed by atoms with Gasteiger partial charge in [0, 0.05) is 10.9 Å². The Bertz CT molecular complexity index is 1260. The zero-order valence-electron chi connectivity index (χ0n) is 17.5. The fourth-order valence-electron chi connectivity index (χ4n) is 3.20. The molecule has 2 aromatic heterocycles. The largest absolute Gasteiger partial charge is 0.353 e. The molecule has 4 rings (SSSR count). The first-order valence-corrected chi connectivity index (χ1v) is 11.8. The second-order valence-electron chi connectivity index (χ2n) is 7.49. The van der Waals surface area contributed by atoms with Crippen molar-refractivity contribution in [2.45, 2.75) is 37.2 Å². The second kappa shape index (κ2) is 9.08. The lowest BCUT2D eigenvalue weighted by Crippen LogP contribution is -2.36. The van der Waals surface area contributed by atoms with E-state index < -0.39 is 5.25 Å². The standard InChI is InChI=1S/C24H23N3O2S2/c1-15(2)25-21(28)16(3)30-24-26-22-19(14-20(31-22)17-10-6-4-7-11-17)23(29)27(24)18-12-8-5-9-13-18/h4-16H,1-3H3,(H,25,28). The Morgan fingerprint density at radius 1 is 1.03 bits per heavy atom. The van der Waals surface area contributed by atoms with Gasteiger partial charge in [0.05, 0.1) is 16.3 Å². The number of fused-ring (bicyclic) bond motifs is 1. The van der Waals surface area contributed by atoms with Gasteiger partial charge in [-0.15, -0.1) is 11.3 Å². The molecule has 31 heavy (non-hydrogen) atoms. The number of rotatable bonds is 6. The van der Waals surface area contributed by atoms with Crippen LogP contribution in [0.1, 0.15) is 20.8 Å². The van der Waals surface area contributed by atoms with Crippen molar-refractivity contribution in [3.63, 3.8) is 0 Å². The average molecular weight is 450 g/mol. The van der Waals surface area contributed by atoms with Gasteiger partial charge in [-0.25, -0.2) is 4.98 Å². The number of thiophene rings is 1. The molecule has 1 unspecified atom stereocenters. The van der Waals surface area contributed by atoms with Crippen molar-refractivity contribution in [1.29, 1.82) is 0 Å². The highest BCUT2D eigenvalue weighted by Gasteiger charge is 2.22. The molecule has 0 aliphatic heterocycles. The molecule has 0 saturated carbocycles. The maximum Gasteiger partial charge on any atom is 0.267 e. The number of thioether (sulfide) groups is 1. The minimum absolute atomic E-state index is 0.0491. The number of para-hydroxylation sites is 1. The van der Waals surface area contributed by atoms with Crippen LogP contribution in [0.5, 0.6) is 0 Å². The molecule has 1 amide bonds. The van der Waals surface area contributed by atoms with Crippen LogP contribution in [0, 0.1) is 0 Å². The molecule has 0 radical (unpaired) electrons. The Hall–Kier alpha value is -2.90. The quantitative estimate of drug-likeness (QED) is 0.328. The number of benzene rings is 2. The highest BCUT2D eigenvalue weighted by atomic mass is 32.2. The van der Waals surface area contributed by atoms with Gasteiger partial charge in [0.1, 0.15) is 4.83 Å². The highest BCUT2D eigenvalue weighted by Crippen LogP contribution is 2.33. The summed E-state index contributed by atoms with van der Waals surface area (Å²) in [7, 11) is 0. The van der Waals surface area contributed by atoms with E-state index in [1.165, 1.54) is 23.1 Å². The third-order valence-corrected chi connectivity index (χ3v) is 6.82. The minimum atomic E-state index is -0.393. The number of hydrogen-bond acceptors (Lipinski definition) is 5. The van der Waals surface area contributed by atoms with Gasteiger partial charge in [-0.3, -0.25) is 14.2 Å². The molecule has 0 aliphatic rings. The summed E-state index contributed by atoms with van der Waals surface area (Å²) >= 11 is 2.79. The van der Waals surface area contributed by atoms with Crippen LogP contribution in [0.3, 0.4) is 0 Å². The first-order chi connectivity index (χ1) is 14.9. The number of amides is 1. The van der Waals surface area contributed by atoms with Crippen LogP contribution in [-0.2, 0) is 4.79 Å². The SMILES string of the molecule is CC(C)NC(=O)C(C)Sc1nc2sc(-c3ccccc3)cc2c(=O)n1-c1ccccc1. The summed E-state index contributed by atoms with van der Waals surface area (Å²) in [6.07, 6.45) is 0. The molecule has 5 nitrogen and oxygen atoms in total. The Kier molecular flexibility index (Phi) is 6.25.